The molecule has 30 heavy (non-hydrogen) atoms. The van der Waals surface area contributed by atoms with Crippen LogP contribution in [0.15, 0.2) is 71.5 Å². The maximum atomic E-state index is 12.4. The average molecular weight is 404 g/mol. The topological polar surface area (TPSA) is 91.4 Å². The number of carbonyl (C=O) groups excluding carboxylic acids is 1. The van der Waals surface area contributed by atoms with Crippen LogP contribution in [0.5, 0.6) is 11.5 Å². The van der Waals surface area contributed by atoms with Crippen LogP contribution in [0.1, 0.15) is 16.2 Å². The van der Waals surface area contributed by atoms with Gasteiger partial charge in [0.05, 0.1) is 14.2 Å². The molecule has 0 atom stereocenters. The largest absolute Gasteiger partial charge is 0.493 e. The van der Waals surface area contributed by atoms with Crippen molar-refractivity contribution in [3.8, 4) is 28.6 Å². The lowest BCUT2D eigenvalue weighted by Gasteiger charge is -2.09. The molecule has 0 bridgehead atoms. The van der Waals surface area contributed by atoms with E-state index in [9.17, 15) is 4.79 Å². The van der Waals surface area contributed by atoms with Gasteiger partial charge in [-0.1, -0.05) is 11.2 Å². The number of hydrogen-bond acceptors (Lipinski definition) is 6. The van der Waals surface area contributed by atoms with E-state index in [2.05, 4.69) is 15.5 Å². The Labute approximate surface area is 173 Å². The van der Waals surface area contributed by atoms with Crippen LogP contribution < -0.4 is 14.8 Å². The summed E-state index contributed by atoms with van der Waals surface area (Å²) in [5.41, 5.74) is 2.62. The minimum absolute atomic E-state index is 0.0973. The summed E-state index contributed by atoms with van der Waals surface area (Å²) in [5.74, 6) is 1.02. The first kappa shape index (κ1) is 19.3. The SMILES string of the molecule is COc1ccc(CNC(=O)c2nc(-c3ccc(-n4cccc4)cc3)no2)cc1OC. The lowest BCUT2D eigenvalue weighted by Crippen LogP contribution is -2.23. The molecular weight excluding hydrogens is 384 g/mol. The summed E-state index contributed by atoms with van der Waals surface area (Å²) < 4.78 is 17.6. The second-order valence-electron chi connectivity index (χ2n) is 6.43. The Morgan fingerprint density at radius 3 is 2.47 bits per heavy atom. The minimum Gasteiger partial charge on any atom is -0.493 e. The number of aromatic nitrogens is 3. The van der Waals surface area contributed by atoms with Crippen LogP contribution in [0, 0.1) is 0 Å². The molecule has 0 radical (unpaired) electrons. The zero-order valence-electron chi connectivity index (χ0n) is 16.5. The molecule has 4 rings (SSSR count). The lowest BCUT2D eigenvalue weighted by atomic mass is 10.2. The highest BCUT2D eigenvalue weighted by atomic mass is 16.5. The summed E-state index contributed by atoms with van der Waals surface area (Å²) in [6, 6.07) is 17.0. The van der Waals surface area contributed by atoms with Crippen molar-refractivity contribution in [1.29, 1.82) is 0 Å². The molecule has 2 heterocycles. The summed E-state index contributed by atoms with van der Waals surface area (Å²) in [4.78, 5) is 16.6. The zero-order valence-corrected chi connectivity index (χ0v) is 16.5. The van der Waals surface area contributed by atoms with Crippen LogP contribution in [0.2, 0.25) is 0 Å². The van der Waals surface area contributed by atoms with Crippen molar-refractivity contribution in [2.75, 3.05) is 14.2 Å². The van der Waals surface area contributed by atoms with E-state index in [0.29, 0.717) is 17.3 Å². The Balaban J connectivity index is 1.42. The summed E-state index contributed by atoms with van der Waals surface area (Å²) in [7, 11) is 3.13. The Hall–Kier alpha value is -4.07. The molecule has 0 aliphatic heterocycles. The van der Waals surface area contributed by atoms with E-state index < -0.39 is 5.91 Å². The van der Waals surface area contributed by atoms with E-state index in [4.69, 9.17) is 14.0 Å². The fourth-order valence-corrected chi connectivity index (χ4v) is 2.97. The molecule has 0 aliphatic carbocycles. The Kier molecular flexibility index (Phi) is 5.47. The summed E-state index contributed by atoms with van der Waals surface area (Å²) in [5, 5.41) is 6.68. The van der Waals surface area contributed by atoms with Crippen LogP contribution in [0.3, 0.4) is 0 Å². The first-order valence-electron chi connectivity index (χ1n) is 9.24. The first-order chi connectivity index (χ1) is 14.7. The molecular formula is C22H20N4O4. The highest BCUT2D eigenvalue weighted by Crippen LogP contribution is 2.27. The van der Waals surface area contributed by atoms with Gasteiger partial charge in [0.25, 0.3) is 0 Å². The first-order valence-corrected chi connectivity index (χ1v) is 9.24. The summed E-state index contributed by atoms with van der Waals surface area (Å²) in [6.45, 7) is 0.280. The van der Waals surface area contributed by atoms with Crippen LogP contribution >= 0.6 is 0 Å². The zero-order chi connectivity index (χ0) is 20.9. The van der Waals surface area contributed by atoms with E-state index in [1.165, 1.54) is 0 Å². The Morgan fingerprint density at radius 1 is 1.03 bits per heavy atom. The summed E-state index contributed by atoms with van der Waals surface area (Å²) in [6.07, 6.45) is 3.93. The molecule has 1 N–H and O–H groups in total. The molecule has 2 aromatic carbocycles. The smallest absolute Gasteiger partial charge is 0.316 e. The van der Waals surface area contributed by atoms with E-state index in [0.717, 1.165) is 16.8 Å². The van der Waals surface area contributed by atoms with Gasteiger partial charge in [0.1, 0.15) is 0 Å². The third kappa shape index (κ3) is 4.02. The predicted molar refractivity (Wildman–Crippen MR) is 110 cm³/mol. The molecule has 0 saturated carbocycles. The maximum Gasteiger partial charge on any atom is 0.316 e. The highest BCUT2D eigenvalue weighted by molar-refractivity contribution is 5.89. The van der Waals surface area contributed by atoms with Gasteiger partial charge in [0.2, 0.25) is 5.82 Å². The van der Waals surface area contributed by atoms with Crippen molar-refractivity contribution in [3.63, 3.8) is 0 Å². The van der Waals surface area contributed by atoms with E-state index in [1.807, 2.05) is 59.4 Å². The monoisotopic (exact) mass is 404 g/mol. The summed E-state index contributed by atoms with van der Waals surface area (Å²) >= 11 is 0. The quantitative estimate of drug-likeness (QED) is 0.507. The van der Waals surface area contributed by atoms with E-state index >= 15 is 0 Å². The van der Waals surface area contributed by atoms with Crippen LogP contribution in [-0.2, 0) is 6.54 Å². The number of rotatable bonds is 7. The Bertz CT molecular complexity index is 1130. The van der Waals surface area contributed by atoms with Crippen molar-refractivity contribution in [2.24, 2.45) is 0 Å². The molecule has 4 aromatic rings. The number of benzene rings is 2. The standard InChI is InChI=1S/C22H20N4O4/c1-28-18-10-5-15(13-19(18)29-2)14-23-21(27)22-24-20(25-30-22)16-6-8-17(9-7-16)26-11-3-4-12-26/h3-13H,14H2,1-2H3,(H,23,27). The second-order valence-corrected chi connectivity index (χ2v) is 6.43. The molecule has 0 fully saturated rings. The molecule has 8 heteroatoms. The van der Waals surface area contributed by atoms with Gasteiger partial charge in [0.15, 0.2) is 11.5 Å². The van der Waals surface area contributed by atoms with Crippen molar-refractivity contribution < 1.29 is 18.8 Å². The van der Waals surface area contributed by atoms with Crippen molar-refractivity contribution in [2.45, 2.75) is 6.54 Å². The molecule has 2 aromatic heterocycles. The van der Waals surface area contributed by atoms with E-state index in [-0.39, 0.29) is 12.4 Å². The van der Waals surface area contributed by atoms with Crippen LogP contribution in [-0.4, -0.2) is 34.8 Å². The van der Waals surface area contributed by atoms with Crippen molar-refractivity contribution in [3.05, 3.63) is 78.4 Å². The average Bonchev–Trinajstić information content (AvgIpc) is 3.50. The van der Waals surface area contributed by atoms with E-state index in [1.54, 1.807) is 26.4 Å². The number of ether oxygens (including phenoxy) is 2. The Morgan fingerprint density at radius 2 is 1.77 bits per heavy atom. The maximum absolute atomic E-state index is 12.4. The number of methoxy groups -OCH3 is 2. The number of nitrogens with zero attached hydrogens (tertiary/aromatic N) is 3. The van der Waals surface area contributed by atoms with Crippen molar-refractivity contribution in [1.82, 2.24) is 20.0 Å². The number of hydrogen-bond donors (Lipinski definition) is 1. The predicted octanol–water partition coefficient (Wildman–Crippen LogP) is 3.47. The molecule has 0 saturated heterocycles. The normalized spacial score (nSPS) is 10.6. The molecule has 8 nitrogen and oxygen atoms in total. The van der Waals surface area contributed by atoms with Gasteiger partial charge in [-0.2, -0.15) is 4.98 Å². The molecule has 0 unspecified atom stereocenters. The van der Waals surface area contributed by atoms with Gasteiger partial charge in [0, 0.05) is 30.2 Å². The minimum atomic E-state index is -0.451. The molecule has 0 spiro atoms. The highest BCUT2D eigenvalue weighted by Gasteiger charge is 2.16. The van der Waals surface area contributed by atoms with Crippen LogP contribution in [0.25, 0.3) is 17.1 Å². The fraction of sp³-hybridized carbons (Fsp3) is 0.136. The second kappa shape index (κ2) is 8.52. The van der Waals surface area contributed by atoms with Gasteiger partial charge in [-0.25, -0.2) is 0 Å². The lowest BCUT2D eigenvalue weighted by molar-refractivity contribution is 0.0907. The number of carbonyl (C=O) groups is 1. The fourth-order valence-electron chi connectivity index (χ4n) is 2.97. The third-order valence-corrected chi connectivity index (χ3v) is 4.55. The van der Waals surface area contributed by atoms with Gasteiger partial charge >= 0.3 is 11.8 Å². The van der Waals surface area contributed by atoms with Gasteiger partial charge in [-0.05, 0) is 54.1 Å². The molecule has 1 amide bonds. The van der Waals surface area contributed by atoms with Crippen molar-refractivity contribution >= 4 is 5.91 Å². The van der Waals surface area contributed by atoms with Gasteiger partial charge in [-0.3, -0.25) is 4.79 Å². The number of nitrogens with one attached hydrogen (secondary N) is 1. The third-order valence-electron chi connectivity index (χ3n) is 4.55. The van der Waals surface area contributed by atoms with Gasteiger partial charge in [-0.15, -0.1) is 0 Å². The van der Waals surface area contributed by atoms with Gasteiger partial charge < -0.3 is 23.9 Å². The van der Waals surface area contributed by atoms with Crippen LogP contribution in [0.4, 0.5) is 0 Å². The molecule has 152 valence electrons. The number of amides is 1. The molecule has 0 aliphatic rings.